The summed E-state index contributed by atoms with van der Waals surface area (Å²) < 4.78 is 7.39. The highest BCUT2D eigenvalue weighted by molar-refractivity contribution is 7.17. The van der Waals surface area contributed by atoms with Gasteiger partial charge >= 0.3 is 0 Å². The molecule has 1 heterocycles. The van der Waals surface area contributed by atoms with E-state index < -0.39 is 0 Å². The molecule has 0 spiro atoms. The number of ether oxygens (including phenoxy) is 1. The Morgan fingerprint density at radius 3 is 2.70 bits per heavy atom. The highest BCUT2D eigenvalue weighted by Gasteiger charge is 2.12. The minimum Gasteiger partial charge on any atom is -0.486 e. The van der Waals surface area contributed by atoms with Crippen LogP contribution < -0.4 is 4.74 Å². The van der Waals surface area contributed by atoms with Crippen LogP contribution in [0.2, 0.25) is 0 Å². The van der Waals surface area contributed by atoms with Gasteiger partial charge in [0.1, 0.15) is 11.9 Å². The van der Waals surface area contributed by atoms with Crippen LogP contribution in [-0.2, 0) is 0 Å². The highest BCUT2D eigenvalue weighted by atomic mass is 35.5. The third kappa shape index (κ3) is 2.97. The number of benzene rings is 2. The van der Waals surface area contributed by atoms with E-state index in [1.807, 2.05) is 24.3 Å². The van der Waals surface area contributed by atoms with E-state index in [9.17, 15) is 0 Å². The van der Waals surface area contributed by atoms with Crippen LogP contribution in [0.5, 0.6) is 5.75 Å². The molecule has 2 aromatic carbocycles. The molecular formula is C17H15ClOS. The van der Waals surface area contributed by atoms with Crippen molar-refractivity contribution in [3.8, 4) is 5.75 Å². The minimum atomic E-state index is 0.00566. The van der Waals surface area contributed by atoms with Gasteiger partial charge in [-0.05, 0) is 40.6 Å². The van der Waals surface area contributed by atoms with Crippen molar-refractivity contribution in [1.82, 2.24) is 0 Å². The molecule has 102 valence electrons. The third-order valence-corrected chi connectivity index (χ3v) is 4.35. The molecule has 0 bridgehead atoms. The molecular weight excluding hydrogens is 288 g/mol. The summed E-state index contributed by atoms with van der Waals surface area (Å²) in [6, 6.07) is 18.6. The first-order chi connectivity index (χ1) is 9.86. The number of hydrogen-bond acceptors (Lipinski definition) is 2. The molecule has 0 N–H and O–H groups in total. The molecule has 3 heteroatoms. The summed E-state index contributed by atoms with van der Waals surface area (Å²) in [5, 5.41) is 3.36. The number of fused-ring (bicyclic) bond motifs is 1. The summed E-state index contributed by atoms with van der Waals surface area (Å²) in [6.45, 7) is 0. The molecule has 0 aliphatic rings. The Bertz CT molecular complexity index is 678. The van der Waals surface area contributed by atoms with E-state index in [0.29, 0.717) is 5.88 Å². The molecule has 0 fully saturated rings. The predicted octanol–water partition coefficient (Wildman–Crippen LogP) is 5.65. The summed E-state index contributed by atoms with van der Waals surface area (Å²) >= 11 is 7.64. The lowest BCUT2D eigenvalue weighted by Gasteiger charge is -2.18. The lowest BCUT2D eigenvalue weighted by molar-refractivity contribution is 0.202. The molecule has 0 aliphatic heterocycles. The van der Waals surface area contributed by atoms with Crippen LogP contribution >= 0.6 is 22.9 Å². The zero-order valence-corrected chi connectivity index (χ0v) is 12.5. The Morgan fingerprint density at radius 2 is 1.90 bits per heavy atom. The Balaban J connectivity index is 1.85. The van der Waals surface area contributed by atoms with Crippen molar-refractivity contribution in [2.45, 2.75) is 12.5 Å². The van der Waals surface area contributed by atoms with Crippen molar-refractivity contribution >= 4 is 33.0 Å². The van der Waals surface area contributed by atoms with Crippen molar-refractivity contribution in [2.75, 3.05) is 5.88 Å². The van der Waals surface area contributed by atoms with Crippen LogP contribution in [-0.4, -0.2) is 5.88 Å². The van der Waals surface area contributed by atoms with Gasteiger partial charge in [0.05, 0.1) is 0 Å². The molecule has 0 amide bonds. The zero-order valence-electron chi connectivity index (χ0n) is 11.0. The Kier molecular flexibility index (Phi) is 4.24. The van der Waals surface area contributed by atoms with Gasteiger partial charge in [0.15, 0.2) is 0 Å². The number of halogens is 1. The van der Waals surface area contributed by atoms with Gasteiger partial charge in [-0.15, -0.1) is 22.9 Å². The Morgan fingerprint density at radius 1 is 1.05 bits per heavy atom. The molecule has 1 atom stereocenters. The van der Waals surface area contributed by atoms with Gasteiger partial charge in [-0.2, -0.15) is 0 Å². The first-order valence-electron chi connectivity index (χ1n) is 6.61. The van der Waals surface area contributed by atoms with Crippen LogP contribution in [0.3, 0.4) is 0 Å². The van der Waals surface area contributed by atoms with Gasteiger partial charge in [-0.3, -0.25) is 0 Å². The summed E-state index contributed by atoms with van der Waals surface area (Å²) in [6.07, 6.45) is 0.805. The topological polar surface area (TPSA) is 9.23 Å². The Hall–Kier alpha value is -1.51. The van der Waals surface area contributed by atoms with Gasteiger partial charge in [0.2, 0.25) is 0 Å². The van der Waals surface area contributed by atoms with Gasteiger partial charge in [-0.1, -0.05) is 30.3 Å². The van der Waals surface area contributed by atoms with E-state index >= 15 is 0 Å². The molecule has 20 heavy (non-hydrogen) atoms. The smallest absolute Gasteiger partial charge is 0.125 e. The second-order valence-electron chi connectivity index (χ2n) is 4.62. The third-order valence-electron chi connectivity index (χ3n) is 3.25. The number of rotatable bonds is 5. The molecule has 1 aromatic heterocycles. The second-order valence-corrected chi connectivity index (χ2v) is 5.94. The molecule has 3 rings (SSSR count). The highest BCUT2D eigenvalue weighted by Crippen LogP contribution is 2.30. The van der Waals surface area contributed by atoms with Gasteiger partial charge in [0.25, 0.3) is 0 Å². The number of alkyl halides is 1. The fraction of sp³-hybridized carbons (Fsp3) is 0.176. The minimum absolute atomic E-state index is 0.00566. The van der Waals surface area contributed by atoms with E-state index in [1.165, 1.54) is 15.6 Å². The molecule has 0 radical (unpaired) electrons. The summed E-state index contributed by atoms with van der Waals surface area (Å²) in [7, 11) is 0. The number of hydrogen-bond donors (Lipinski definition) is 0. The van der Waals surface area contributed by atoms with Crippen LogP contribution in [0.4, 0.5) is 0 Å². The van der Waals surface area contributed by atoms with Crippen LogP contribution in [0.15, 0.2) is 60.0 Å². The molecule has 1 nitrogen and oxygen atoms in total. The average molecular weight is 303 g/mol. The van der Waals surface area contributed by atoms with Crippen LogP contribution in [0.25, 0.3) is 10.1 Å². The SMILES string of the molecule is ClCC[C@@H](Oc1ccc2ccsc2c1)c1ccccc1. The quantitative estimate of drug-likeness (QED) is 0.553. The normalized spacial score (nSPS) is 12.4. The summed E-state index contributed by atoms with van der Waals surface area (Å²) in [5.74, 6) is 1.49. The van der Waals surface area contributed by atoms with E-state index in [4.69, 9.17) is 16.3 Å². The molecule has 0 aliphatic carbocycles. The van der Waals surface area contributed by atoms with Crippen molar-refractivity contribution in [3.05, 3.63) is 65.5 Å². The maximum absolute atomic E-state index is 6.14. The maximum atomic E-state index is 6.14. The van der Waals surface area contributed by atoms with Crippen molar-refractivity contribution in [2.24, 2.45) is 0 Å². The van der Waals surface area contributed by atoms with Crippen LogP contribution in [0.1, 0.15) is 18.1 Å². The van der Waals surface area contributed by atoms with Gasteiger partial charge in [0, 0.05) is 17.0 Å². The van der Waals surface area contributed by atoms with E-state index in [1.54, 1.807) is 11.3 Å². The average Bonchev–Trinajstić information content (AvgIpc) is 2.95. The monoisotopic (exact) mass is 302 g/mol. The van der Waals surface area contributed by atoms with E-state index in [-0.39, 0.29) is 6.10 Å². The summed E-state index contributed by atoms with van der Waals surface area (Å²) in [5.41, 5.74) is 1.17. The van der Waals surface area contributed by atoms with Gasteiger partial charge < -0.3 is 4.74 Å². The fourth-order valence-electron chi connectivity index (χ4n) is 2.23. The van der Waals surface area contributed by atoms with Crippen molar-refractivity contribution in [1.29, 1.82) is 0 Å². The number of thiophene rings is 1. The lowest BCUT2D eigenvalue weighted by Crippen LogP contribution is -2.08. The summed E-state index contributed by atoms with van der Waals surface area (Å²) in [4.78, 5) is 0. The maximum Gasteiger partial charge on any atom is 0.125 e. The van der Waals surface area contributed by atoms with Crippen LogP contribution in [0, 0.1) is 0 Å². The predicted molar refractivity (Wildman–Crippen MR) is 87.0 cm³/mol. The first-order valence-corrected chi connectivity index (χ1v) is 8.03. The van der Waals surface area contributed by atoms with Crippen molar-refractivity contribution in [3.63, 3.8) is 0 Å². The van der Waals surface area contributed by atoms with Crippen molar-refractivity contribution < 1.29 is 4.74 Å². The molecule has 0 saturated carbocycles. The zero-order chi connectivity index (χ0) is 13.8. The lowest BCUT2D eigenvalue weighted by atomic mass is 10.1. The molecule has 0 unspecified atom stereocenters. The molecule has 0 saturated heterocycles. The second kappa shape index (κ2) is 6.29. The van der Waals surface area contributed by atoms with E-state index in [2.05, 4.69) is 35.7 Å². The largest absolute Gasteiger partial charge is 0.486 e. The van der Waals surface area contributed by atoms with Gasteiger partial charge in [-0.25, -0.2) is 0 Å². The first kappa shape index (κ1) is 13.5. The molecule has 3 aromatic rings. The van der Waals surface area contributed by atoms with E-state index in [0.717, 1.165) is 12.2 Å². The Labute approximate surface area is 127 Å². The fourth-order valence-corrected chi connectivity index (χ4v) is 3.25. The standard InChI is InChI=1S/C17H15ClOS/c18-10-8-16(13-4-2-1-3-5-13)19-15-7-6-14-9-11-20-17(14)12-15/h1-7,9,11-12,16H,8,10H2/t16-/m1/s1.